The lowest BCUT2D eigenvalue weighted by Crippen LogP contribution is -2.45. The molecule has 0 saturated heterocycles. The van der Waals surface area contributed by atoms with Crippen LogP contribution in [0.3, 0.4) is 0 Å². The van der Waals surface area contributed by atoms with Gasteiger partial charge in [0.1, 0.15) is 0 Å². The van der Waals surface area contributed by atoms with Crippen LogP contribution in [0.15, 0.2) is 36.4 Å². The van der Waals surface area contributed by atoms with E-state index in [2.05, 4.69) is 60.3 Å². The molecule has 0 amide bonds. The Labute approximate surface area is 306 Å². The van der Waals surface area contributed by atoms with Crippen molar-refractivity contribution in [3.8, 4) is 68.2 Å². The smallest absolute Gasteiger partial charge is 0.168 e. The molecule has 0 unspecified atom stereocenters. The van der Waals surface area contributed by atoms with Crippen molar-refractivity contribution in [2.45, 2.75) is 36.8 Å². The highest BCUT2D eigenvalue weighted by Crippen LogP contribution is 2.67. The summed E-state index contributed by atoms with van der Waals surface area (Å²) in [7, 11) is 18.2. The minimum Gasteiger partial charge on any atom is -0.493 e. The fraction of sp³-hybridized carbons (Fsp3) is 0.429. The number of likely N-dealkylation sites (N-methyl/N-ethyl adjacent to an activating group) is 2. The van der Waals surface area contributed by atoms with E-state index in [9.17, 15) is 0 Å². The molecule has 2 heterocycles. The van der Waals surface area contributed by atoms with E-state index in [0.29, 0.717) is 23.0 Å². The molecule has 8 rings (SSSR count). The standard InChI is InChI=1S/C42H48N2O8/c1-43-13-11-21-15-31(49-7)41(51-9)37-25-19-29(47-5)27(45-3)17-23(25)35(39(43)33(21)37)36-24-18-28(46-4)30(48-6)20-26(24)38-34-22(12-14-44(2)40(34)36)16-32(50-8)42(38)52-10/h15-20,35-36,39-40H,11-14H2,1-10H3/t35-,36-,39-,40-/m0/s1. The summed E-state index contributed by atoms with van der Waals surface area (Å²) in [5.41, 5.74) is 11.6. The number of ether oxygens (including phenoxy) is 8. The van der Waals surface area contributed by atoms with E-state index in [1.807, 2.05) is 0 Å². The molecular formula is C42H48N2O8. The summed E-state index contributed by atoms with van der Waals surface area (Å²) in [6, 6.07) is 13.0. The van der Waals surface area contributed by atoms with Gasteiger partial charge in [-0.1, -0.05) is 0 Å². The fourth-order valence-corrected chi connectivity index (χ4v) is 9.86. The third-order valence-electron chi connectivity index (χ3n) is 12.0. The monoisotopic (exact) mass is 708 g/mol. The minimum absolute atomic E-state index is 0.00410. The molecule has 274 valence electrons. The molecule has 4 aliphatic rings. The Hall–Kier alpha value is -4.80. The van der Waals surface area contributed by atoms with Gasteiger partial charge in [0.25, 0.3) is 0 Å². The third kappa shape index (κ3) is 4.69. The molecular weight excluding hydrogens is 660 g/mol. The Morgan fingerprint density at radius 2 is 0.788 bits per heavy atom. The summed E-state index contributed by atoms with van der Waals surface area (Å²) in [4.78, 5) is 5.05. The van der Waals surface area contributed by atoms with Gasteiger partial charge in [0.05, 0.1) is 56.9 Å². The van der Waals surface area contributed by atoms with Crippen molar-refractivity contribution in [3.05, 3.63) is 69.8 Å². The lowest BCUT2D eigenvalue weighted by molar-refractivity contribution is 0.126. The number of methoxy groups -OCH3 is 8. The van der Waals surface area contributed by atoms with Gasteiger partial charge in [-0.25, -0.2) is 0 Å². The predicted molar refractivity (Wildman–Crippen MR) is 200 cm³/mol. The van der Waals surface area contributed by atoms with E-state index in [-0.39, 0.29) is 23.9 Å². The summed E-state index contributed by atoms with van der Waals surface area (Å²) in [6.07, 6.45) is 1.79. The first kappa shape index (κ1) is 34.3. The molecule has 10 heteroatoms. The van der Waals surface area contributed by atoms with Gasteiger partial charge in [0, 0.05) is 48.1 Å². The molecule has 0 spiro atoms. The number of hydrogen-bond donors (Lipinski definition) is 0. The van der Waals surface area contributed by atoms with Gasteiger partial charge >= 0.3 is 0 Å². The zero-order valence-corrected chi connectivity index (χ0v) is 31.8. The van der Waals surface area contributed by atoms with E-state index in [1.54, 1.807) is 56.9 Å². The van der Waals surface area contributed by atoms with Gasteiger partial charge in [-0.2, -0.15) is 0 Å². The van der Waals surface area contributed by atoms with Crippen molar-refractivity contribution >= 4 is 0 Å². The van der Waals surface area contributed by atoms with Crippen molar-refractivity contribution < 1.29 is 37.9 Å². The Morgan fingerprint density at radius 1 is 0.442 bits per heavy atom. The summed E-state index contributed by atoms with van der Waals surface area (Å²) in [5, 5.41) is 0. The maximum Gasteiger partial charge on any atom is 0.168 e. The van der Waals surface area contributed by atoms with E-state index >= 15 is 0 Å². The average molecular weight is 709 g/mol. The maximum absolute atomic E-state index is 6.22. The second-order valence-corrected chi connectivity index (χ2v) is 14.1. The van der Waals surface area contributed by atoms with Crippen LogP contribution in [-0.4, -0.2) is 93.9 Å². The molecule has 4 atom stereocenters. The molecule has 0 fully saturated rings. The Bertz CT molecular complexity index is 1930. The van der Waals surface area contributed by atoms with Crippen LogP contribution in [0.4, 0.5) is 0 Å². The lowest BCUT2D eigenvalue weighted by Gasteiger charge is -2.53. The van der Waals surface area contributed by atoms with Crippen LogP contribution < -0.4 is 37.9 Å². The van der Waals surface area contributed by atoms with Crippen LogP contribution in [0.5, 0.6) is 46.0 Å². The Balaban J connectivity index is 1.52. The molecule has 2 aliphatic carbocycles. The normalized spacial score (nSPS) is 21.2. The zero-order valence-electron chi connectivity index (χ0n) is 31.8. The average Bonchev–Trinajstić information content (AvgIpc) is 3.18. The first-order valence-corrected chi connectivity index (χ1v) is 17.8. The summed E-state index contributed by atoms with van der Waals surface area (Å²) >= 11 is 0. The van der Waals surface area contributed by atoms with Gasteiger partial charge in [0.2, 0.25) is 0 Å². The second-order valence-electron chi connectivity index (χ2n) is 14.1. The van der Waals surface area contributed by atoms with Crippen LogP contribution in [0.1, 0.15) is 57.3 Å². The number of hydrogen-bond acceptors (Lipinski definition) is 10. The van der Waals surface area contributed by atoms with Crippen LogP contribution in [0.25, 0.3) is 22.3 Å². The van der Waals surface area contributed by atoms with E-state index in [4.69, 9.17) is 37.9 Å². The number of benzene rings is 4. The van der Waals surface area contributed by atoms with Gasteiger partial charge in [0.15, 0.2) is 46.0 Å². The van der Waals surface area contributed by atoms with E-state index in [1.165, 1.54) is 22.3 Å². The lowest BCUT2D eigenvalue weighted by atomic mass is 9.59. The molecule has 4 aromatic rings. The largest absolute Gasteiger partial charge is 0.493 e. The van der Waals surface area contributed by atoms with Crippen LogP contribution in [-0.2, 0) is 12.8 Å². The molecule has 0 N–H and O–H groups in total. The van der Waals surface area contributed by atoms with Crippen molar-refractivity contribution in [2.75, 3.05) is 84.1 Å². The van der Waals surface area contributed by atoms with Crippen molar-refractivity contribution in [2.24, 2.45) is 0 Å². The highest BCUT2D eigenvalue weighted by molar-refractivity contribution is 5.89. The van der Waals surface area contributed by atoms with E-state index in [0.717, 1.165) is 82.3 Å². The number of nitrogens with zero attached hydrogens (tertiary/aromatic N) is 2. The van der Waals surface area contributed by atoms with Gasteiger partial charge in [-0.3, -0.25) is 9.80 Å². The number of rotatable bonds is 9. The predicted octanol–water partition coefficient (Wildman–Crippen LogP) is 7.04. The summed E-state index contributed by atoms with van der Waals surface area (Å²) in [5.74, 6) is 5.52. The van der Waals surface area contributed by atoms with Crippen molar-refractivity contribution in [3.63, 3.8) is 0 Å². The van der Waals surface area contributed by atoms with Crippen molar-refractivity contribution in [1.82, 2.24) is 9.80 Å². The summed E-state index contributed by atoms with van der Waals surface area (Å²) < 4.78 is 48.4. The fourth-order valence-electron chi connectivity index (χ4n) is 9.86. The van der Waals surface area contributed by atoms with E-state index < -0.39 is 0 Å². The Morgan fingerprint density at radius 3 is 1.12 bits per heavy atom. The van der Waals surface area contributed by atoms with Gasteiger partial charge in [-0.15, -0.1) is 0 Å². The molecule has 4 aromatic carbocycles. The SMILES string of the molecule is COc1cc2c(cc1OC)[C@@H]([C@@H]1c3cc(OC)c(OC)cc3-c3c(OC)c(OC)cc4c3[C@@H]1N(C)CC4)[C@@H]1c3c(cc(OC)c(OC)c3-2)CCN1C. The molecule has 0 aromatic heterocycles. The zero-order chi connectivity index (χ0) is 36.6. The number of fused-ring (bicyclic) bond motifs is 4. The molecule has 52 heavy (non-hydrogen) atoms. The maximum atomic E-state index is 6.22. The van der Waals surface area contributed by atoms with Crippen LogP contribution in [0.2, 0.25) is 0 Å². The summed E-state index contributed by atoms with van der Waals surface area (Å²) in [6.45, 7) is 1.79. The van der Waals surface area contributed by atoms with Crippen LogP contribution >= 0.6 is 0 Å². The topological polar surface area (TPSA) is 80.3 Å². The molecule has 10 nitrogen and oxygen atoms in total. The molecule has 0 bridgehead atoms. The Kier molecular flexibility index (Phi) is 8.58. The highest BCUT2D eigenvalue weighted by atomic mass is 16.5. The first-order chi connectivity index (χ1) is 25.3. The third-order valence-corrected chi connectivity index (χ3v) is 12.0. The van der Waals surface area contributed by atoms with Gasteiger partial charge in [-0.05, 0) is 108 Å². The minimum atomic E-state index is -0.0408. The first-order valence-electron chi connectivity index (χ1n) is 17.8. The van der Waals surface area contributed by atoms with Gasteiger partial charge < -0.3 is 37.9 Å². The highest BCUT2D eigenvalue weighted by Gasteiger charge is 2.52. The molecule has 2 aliphatic heterocycles. The van der Waals surface area contributed by atoms with Crippen LogP contribution in [0, 0.1) is 0 Å². The quantitative estimate of drug-likeness (QED) is 0.181. The second kappa shape index (κ2) is 13.0. The molecule has 0 saturated carbocycles. The van der Waals surface area contributed by atoms with Crippen molar-refractivity contribution in [1.29, 1.82) is 0 Å². The molecule has 0 radical (unpaired) electrons.